The van der Waals surface area contributed by atoms with Crippen molar-refractivity contribution in [1.82, 2.24) is 9.80 Å². The molecule has 0 radical (unpaired) electrons. The molecule has 0 amide bonds. The third-order valence-electron chi connectivity index (χ3n) is 4.54. The molecule has 2 nitrogen and oxygen atoms in total. The fourth-order valence-corrected chi connectivity index (χ4v) is 3.38. The number of benzene rings is 2. The molecule has 22 heavy (non-hydrogen) atoms. The lowest BCUT2D eigenvalue weighted by atomic mass is 9.98. The average Bonchev–Trinajstić information content (AvgIpc) is 2.85. The summed E-state index contributed by atoms with van der Waals surface area (Å²) in [5, 5.41) is 0. The summed E-state index contributed by atoms with van der Waals surface area (Å²) in [5.74, 6) is 0. The second-order valence-corrected chi connectivity index (χ2v) is 6.69. The van der Waals surface area contributed by atoms with E-state index in [1.165, 1.54) is 33.4 Å². The van der Waals surface area contributed by atoms with Crippen LogP contribution in [-0.4, -0.2) is 37.5 Å². The molecule has 2 aromatic rings. The maximum absolute atomic E-state index is 2.40. The van der Waals surface area contributed by atoms with E-state index in [2.05, 4.69) is 74.3 Å². The van der Waals surface area contributed by atoms with Crippen LogP contribution in [0.25, 0.3) is 11.1 Å². The number of nitrogens with zero attached hydrogens (tertiary/aromatic N) is 2. The minimum atomic E-state index is 1.00. The monoisotopic (exact) mass is 294 g/mol. The lowest BCUT2D eigenvalue weighted by molar-refractivity contribution is 0.345. The Morgan fingerprint density at radius 3 is 2.50 bits per heavy atom. The Kier molecular flexibility index (Phi) is 4.32. The molecule has 1 aliphatic rings. The highest BCUT2D eigenvalue weighted by Gasteiger charge is 2.21. The van der Waals surface area contributed by atoms with E-state index in [0.717, 1.165) is 26.1 Å². The van der Waals surface area contributed by atoms with Gasteiger partial charge in [-0.15, -0.1) is 0 Å². The Hall–Kier alpha value is -1.64. The van der Waals surface area contributed by atoms with Gasteiger partial charge in [0.1, 0.15) is 0 Å². The first kappa shape index (κ1) is 15.3. The standard InChI is InChI=1S/C20H26N2/c1-5-22(4)13-15-9-10-19-18(11-15)12-16-7-6-8-17(20(16)19)14-21(2)3/h6-11H,5,12-14H2,1-4H3. The third kappa shape index (κ3) is 2.94. The Balaban J connectivity index is 1.96. The second kappa shape index (κ2) is 6.23. The van der Waals surface area contributed by atoms with E-state index in [1.807, 2.05) is 0 Å². The van der Waals surface area contributed by atoms with Crippen molar-refractivity contribution in [2.45, 2.75) is 26.4 Å². The van der Waals surface area contributed by atoms with Gasteiger partial charge in [-0.3, -0.25) is 0 Å². The normalized spacial score (nSPS) is 12.8. The third-order valence-corrected chi connectivity index (χ3v) is 4.54. The minimum absolute atomic E-state index is 1.00. The van der Waals surface area contributed by atoms with Crippen molar-refractivity contribution in [3.63, 3.8) is 0 Å². The summed E-state index contributed by atoms with van der Waals surface area (Å²) in [6.07, 6.45) is 1.08. The largest absolute Gasteiger partial charge is 0.305 e. The van der Waals surface area contributed by atoms with Crippen LogP contribution in [0, 0.1) is 0 Å². The summed E-state index contributed by atoms with van der Waals surface area (Å²) in [5.41, 5.74) is 8.75. The van der Waals surface area contributed by atoms with Crippen molar-refractivity contribution in [3.8, 4) is 11.1 Å². The van der Waals surface area contributed by atoms with Crippen LogP contribution in [0.4, 0.5) is 0 Å². The average molecular weight is 294 g/mol. The van der Waals surface area contributed by atoms with Crippen molar-refractivity contribution < 1.29 is 0 Å². The van der Waals surface area contributed by atoms with Crippen molar-refractivity contribution in [3.05, 3.63) is 58.7 Å². The van der Waals surface area contributed by atoms with Gasteiger partial charge in [0.15, 0.2) is 0 Å². The molecule has 0 aliphatic heterocycles. The highest BCUT2D eigenvalue weighted by molar-refractivity contribution is 5.79. The molecule has 0 N–H and O–H groups in total. The van der Waals surface area contributed by atoms with Crippen LogP contribution in [0.5, 0.6) is 0 Å². The van der Waals surface area contributed by atoms with E-state index in [0.29, 0.717) is 0 Å². The fourth-order valence-electron chi connectivity index (χ4n) is 3.38. The van der Waals surface area contributed by atoms with E-state index in [4.69, 9.17) is 0 Å². The number of hydrogen-bond acceptors (Lipinski definition) is 2. The summed E-state index contributed by atoms with van der Waals surface area (Å²) >= 11 is 0. The maximum Gasteiger partial charge on any atom is 0.0233 e. The maximum atomic E-state index is 2.40. The smallest absolute Gasteiger partial charge is 0.0233 e. The highest BCUT2D eigenvalue weighted by Crippen LogP contribution is 2.39. The van der Waals surface area contributed by atoms with Crippen LogP contribution in [0.1, 0.15) is 29.2 Å². The quantitative estimate of drug-likeness (QED) is 0.707. The minimum Gasteiger partial charge on any atom is -0.305 e. The molecule has 0 heterocycles. The van der Waals surface area contributed by atoms with E-state index in [-0.39, 0.29) is 0 Å². The SMILES string of the molecule is CCN(C)Cc1ccc2c(c1)Cc1cccc(CN(C)C)c1-2. The Bertz CT molecular complexity index is 673. The lowest BCUT2D eigenvalue weighted by Gasteiger charge is -2.16. The number of fused-ring (bicyclic) bond motifs is 3. The van der Waals surface area contributed by atoms with Gasteiger partial charge in [0.2, 0.25) is 0 Å². The molecule has 2 heteroatoms. The molecule has 0 bridgehead atoms. The van der Waals surface area contributed by atoms with Gasteiger partial charge in [0.05, 0.1) is 0 Å². The van der Waals surface area contributed by atoms with Crippen LogP contribution in [0.15, 0.2) is 36.4 Å². The zero-order valence-electron chi connectivity index (χ0n) is 14.2. The van der Waals surface area contributed by atoms with E-state index in [1.54, 1.807) is 0 Å². The molecule has 0 fully saturated rings. The summed E-state index contributed by atoms with van der Waals surface area (Å²) < 4.78 is 0. The van der Waals surface area contributed by atoms with Gasteiger partial charge in [-0.05, 0) is 67.5 Å². The van der Waals surface area contributed by atoms with Crippen LogP contribution in [0.3, 0.4) is 0 Å². The van der Waals surface area contributed by atoms with Gasteiger partial charge in [-0.1, -0.05) is 43.3 Å². The summed E-state index contributed by atoms with van der Waals surface area (Å²) in [6, 6.07) is 13.8. The van der Waals surface area contributed by atoms with Gasteiger partial charge in [0, 0.05) is 13.1 Å². The Morgan fingerprint density at radius 1 is 0.955 bits per heavy atom. The molecular formula is C20H26N2. The molecule has 0 aromatic heterocycles. The van der Waals surface area contributed by atoms with Gasteiger partial charge in [0.25, 0.3) is 0 Å². The summed E-state index contributed by atoms with van der Waals surface area (Å²) in [7, 11) is 6.45. The number of rotatable bonds is 5. The Labute approximate surface area is 134 Å². The highest BCUT2D eigenvalue weighted by atomic mass is 15.1. The van der Waals surface area contributed by atoms with Gasteiger partial charge in [-0.25, -0.2) is 0 Å². The van der Waals surface area contributed by atoms with Crippen LogP contribution in [-0.2, 0) is 19.5 Å². The topological polar surface area (TPSA) is 6.48 Å². The molecule has 116 valence electrons. The van der Waals surface area contributed by atoms with Crippen molar-refractivity contribution in [2.75, 3.05) is 27.7 Å². The van der Waals surface area contributed by atoms with E-state index in [9.17, 15) is 0 Å². The molecule has 0 spiro atoms. The molecule has 2 aromatic carbocycles. The zero-order chi connectivity index (χ0) is 15.7. The molecule has 0 atom stereocenters. The van der Waals surface area contributed by atoms with Crippen LogP contribution in [0.2, 0.25) is 0 Å². The predicted molar refractivity (Wildman–Crippen MR) is 94.1 cm³/mol. The van der Waals surface area contributed by atoms with Gasteiger partial charge in [-0.2, -0.15) is 0 Å². The van der Waals surface area contributed by atoms with Crippen LogP contribution < -0.4 is 0 Å². The molecular weight excluding hydrogens is 268 g/mol. The molecule has 0 saturated carbocycles. The van der Waals surface area contributed by atoms with Crippen molar-refractivity contribution in [1.29, 1.82) is 0 Å². The van der Waals surface area contributed by atoms with E-state index >= 15 is 0 Å². The molecule has 3 rings (SSSR count). The first-order valence-electron chi connectivity index (χ1n) is 8.14. The number of hydrogen-bond donors (Lipinski definition) is 0. The summed E-state index contributed by atoms with van der Waals surface area (Å²) in [4.78, 5) is 4.60. The first-order valence-corrected chi connectivity index (χ1v) is 8.14. The fraction of sp³-hybridized carbons (Fsp3) is 0.400. The Morgan fingerprint density at radius 2 is 1.77 bits per heavy atom. The van der Waals surface area contributed by atoms with Crippen LogP contribution >= 0.6 is 0 Å². The van der Waals surface area contributed by atoms with Crippen molar-refractivity contribution >= 4 is 0 Å². The van der Waals surface area contributed by atoms with E-state index < -0.39 is 0 Å². The molecule has 1 aliphatic carbocycles. The lowest BCUT2D eigenvalue weighted by Crippen LogP contribution is -2.16. The summed E-state index contributed by atoms with van der Waals surface area (Å²) in [6.45, 7) is 5.33. The first-order chi connectivity index (χ1) is 10.6. The molecule has 0 unspecified atom stereocenters. The zero-order valence-corrected chi connectivity index (χ0v) is 14.2. The predicted octanol–water partition coefficient (Wildman–Crippen LogP) is 3.77. The van der Waals surface area contributed by atoms with Gasteiger partial charge >= 0.3 is 0 Å². The second-order valence-electron chi connectivity index (χ2n) is 6.69. The van der Waals surface area contributed by atoms with Gasteiger partial charge < -0.3 is 9.80 Å². The molecule has 0 saturated heterocycles. The van der Waals surface area contributed by atoms with Crippen molar-refractivity contribution in [2.24, 2.45) is 0 Å².